The molecule has 8 heteroatoms. The highest BCUT2D eigenvalue weighted by molar-refractivity contribution is 6.46. The number of carbonyl (C=O) groups is 2. The van der Waals surface area contributed by atoms with Gasteiger partial charge in [0, 0.05) is 19.2 Å². The number of likely N-dealkylation sites (tertiary alicyclic amines) is 1. The summed E-state index contributed by atoms with van der Waals surface area (Å²) in [6.45, 7) is 4.24. The SMILES string of the molecule is COCCN1C(=O)C(=O)/C(=C(/O)c2ccc(OC(C)C)cc2)[C@H]1c1ccc(OC)c(OC)c1. The van der Waals surface area contributed by atoms with Crippen LogP contribution in [0.5, 0.6) is 17.2 Å². The zero-order valence-electron chi connectivity index (χ0n) is 19.5. The lowest BCUT2D eigenvalue weighted by Gasteiger charge is -2.25. The van der Waals surface area contributed by atoms with Crippen LogP contribution in [-0.4, -0.2) is 62.3 Å². The second-order valence-corrected chi connectivity index (χ2v) is 7.79. The summed E-state index contributed by atoms with van der Waals surface area (Å²) in [6, 6.07) is 11.0. The van der Waals surface area contributed by atoms with Gasteiger partial charge in [-0.05, 0) is 55.8 Å². The molecule has 0 aromatic heterocycles. The lowest BCUT2D eigenvalue weighted by atomic mass is 9.95. The van der Waals surface area contributed by atoms with Crippen LogP contribution in [0.25, 0.3) is 5.76 Å². The minimum absolute atomic E-state index is 0.000563. The Balaban J connectivity index is 2.12. The van der Waals surface area contributed by atoms with Crippen molar-refractivity contribution in [2.24, 2.45) is 0 Å². The van der Waals surface area contributed by atoms with Gasteiger partial charge in [-0.1, -0.05) is 6.07 Å². The normalized spacial score (nSPS) is 17.5. The van der Waals surface area contributed by atoms with Gasteiger partial charge in [0.15, 0.2) is 11.5 Å². The third-order valence-electron chi connectivity index (χ3n) is 5.30. The van der Waals surface area contributed by atoms with E-state index in [-0.39, 0.29) is 30.6 Å². The van der Waals surface area contributed by atoms with Crippen LogP contribution in [0, 0.1) is 0 Å². The van der Waals surface area contributed by atoms with E-state index in [0.717, 1.165) is 0 Å². The van der Waals surface area contributed by atoms with Crippen LogP contribution in [0.1, 0.15) is 31.0 Å². The number of ether oxygens (including phenoxy) is 4. The molecule has 1 heterocycles. The highest BCUT2D eigenvalue weighted by Crippen LogP contribution is 2.41. The fourth-order valence-corrected chi connectivity index (χ4v) is 3.79. The minimum atomic E-state index is -0.813. The Bertz CT molecular complexity index is 1040. The van der Waals surface area contributed by atoms with Crippen molar-refractivity contribution in [3.63, 3.8) is 0 Å². The molecule has 0 spiro atoms. The van der Waals surface area contributed by atoms with Crippen molar-refractivity contribution < 1.29 is 33.6 Å². The summed E-state index contributed by atoms with van der Waals surface area (Å²) >= 11 is 0. The van der Waals surface area contributed by atoms with E-state index >= 15 is 0 Å². The van der Waals surface area contributed by atoms with Gasteiger partial charge in [0.1, 0.15) is 11.5 Å². The number of amides is 1. The average molecular weight is 456 g/mol. The Kier molecular flexibility index (Phi) is 7.60. The van der Waals surface area contributed by atoms with Crippen LogP contribution < -0.4 is 14.2 Å². The van der Waals surface area contributed by atoms with Crippen molar-refractivity contribution in [1.29, 1.82) is 0 Å². The Labute approximate surface area is 193 Å². The van der Waals surface area contributed by atoms with E-state index in [1.807, 2.05) is 13.8 Å². The quantitative estimate of drug-likeness (QED) is 0.351. The summed E-state index contributed by atoms with van der Waals surface area (Å²) in [4.78, 5) is 27.3. The maximum absolute atomic E-state index is 13.0. The van der Waals surface area contributed by atoms with Gasteiger partial charge in [-0.2, -0.15) is 0 Å². The Morgan fingerprint density at radius 1 is 1.00 bits per heavy atom. The second kappa shape index (κ2) is 10.4. The highest BCUT2D eigenvalue weighted by atomic mass is 16.5. The molecule has 0 aliphatic carbocycles. The van der Waals surface area contributed by atoms with Crippen molar-refractivity contribution in [3.05, 3.63) is 59.2 Å². The van der Waals surface area contributed by atoms with Crippen LogP contribution >= 0.6 is 0 Å². The smallest absolute Gasteiger partial charge is 0.295 e. The number of benzene rings is 2. The number of ketones is 1. The first-order valence-corrected chi connectivity index (χ1v) is 10.6. The molecule has 0 saturated carbocycles. The lowest BCUT2D eigenvalue weighted by Crippen LogP contribution is -2.32. The van der Waals surface area contributed by atoms with E-state index in [9.17, 15) is 14.7 Å². The zero-order valence-corrected chi connectivity index (χ0v) is 19.5. The van der Waals surface area contributed by atoms with Gasteiger partial charge in [-0.3, -0.25) is 9.59 Å². The van der Waals surface area contributed by atoms with Crippen LogP contribution in [0.2, 0.25) is 0 Å². The molecule has 1 fully saturated rings. The fourth-order valence-electron chi connectivity index (χ4n) is 3.79. The molecule has 176 valence electrons. The summed E-state index contributed by atoms with van der Waals surface area (Å²) in [7, 11) is 4.54. The predicted molar refractivity (Wildman–Crippen MR) is 123 cm³/mol. The van der Waals surface area contributed by atoms with Crippen LogP contribution in [0.3, 0.4) is 0 Å². The number of nitrogens with zero attached hydrogens (tertiary/aromatic N) is 1. The molecule has 1 saturated heterocycles. The Hall–Kier alpha value is -3.52. The molecule has 1 N–H and O–H groups in total. The zero-order chi connectivity index (χ0) is 24.1. The summed E-state index contributed by atoms with van der Waals surface area (Å²) in [5.74, 6) is -0.125. The van der Waals surface area contributed by atoms with Gasteiger partial charge < -0.3 is 29.0 Å². The third-order valence-corrected chi connectivity index (χ3v) is 5.30. The van der Waals surface area contributed by atoms with Gasteiger partial charge in [0.25, 0.3) is 11.7 Å². The molecule has 8 nitrogen and oxygen atoms in total. The van der Waals surface area contributed by atoms with Crippen LogP contribution in [0.4, 0.5) is 0 Å². The maximum atomic E-state index is 13.0. The Morgan fingerprint density at radius 3 is 2.24 bits per heavy atom. The number of rotatable bonds is 9. The van der Waals surface area contributed by atoms with Gasteiger partial charge in [0.2, 0.25) is 0 Å². The predicted octanol–water partition coefficient (Wildman–Crippen LogP) is 3.56. The number of methoxy groups -OCH3 is 3. The van der Waals surface area contributed by atoms with Crippen molar-refractivity contribution in [3.8, 4) is 17.2 Å². The number of hydrogen-bond acceptors (Lipinski definition) is 7. The molecule has 0 bridgehead atoms. The molecule has 3 rings (SSSR count). The van der Waals surface area contributed by atoms with E-state index in [1.54, 1.807) is 42.5 Å². The van der Waals surface area contributed by atoms with E-state index in [0.29, 0.717) is 28.4 Å². The average Bonchev–Trinajstić information content (AvgIpc) is 3.06. The fraction of sp³-hybridized carbons (Fsp3) is 0.360. The van der Waals surface area contributed by atoms with Gasteiger partial charge in [0.05, 0.1) is 38.5 Å². The van der Waals surface area contributed by atoms with Gasteiger partial charge in [-0.25, -0.2) is 0 Å². The number of carbonyl (C=O) groups excluding carboxylic acids is 2. The summed E-state index contributed by atoms with van der Waals surface area (Å²) < 4.78 is 21.5. The molecule has 1 aliphatic rings. The number of aliphatic hydroxyl groups is 1. The first-order valence-electron chi connectivity index (χ1n) is 10.6. The van der Waals surface area contributed by atoms with Crippen LogP contribution in [0.15, 0.2) is 48.0 Å². The summed E-state index contributed by atoms with van der Waals surface area (Å²) in [5.41, 5.74) is 1.01. The molecular formula is C25H29NO7. The topological polar surface area (TPSA) is 94.5 Å². The van der Waals surface area contributed by atoms with Gasteiger partial charge in [-0.15, -0.1) is 0 Å². The van der Waals surface area contributed by atoms with E-state index in [4.69, 9.17) is 18.9 Å². The number of aliphatic hydroxyl groups excluding tert-OH is 1. The third kappa shape index (κ3) is 4.96. The van der Waals surface area contributed by atoms with Crippen LogP contribution in [-0.2, 0) is 14.3 Å². The van der Waals surface area contributed by atoms with Crippen molar-refractivity contribution in [2.75, 3.05) is 34.5 Å². The van der Waals surface area contributed by atoms with Crippen molar-refractivity contribution in [2.45, 2.75) is 26.0 Å². The first-order chi connectivity index (χ1) is 15.8. The Morgan fingerprint density at radius 2 is 1.67 bits per heavy atom. The van der Waals surface area contributed by atoms with Crippen molar-refractivity contribution in [1.82, 2.24) is 4.90 Å². The minimum Gasteiger partial charge on any atom is -0.507 e. The molecular weight excluding hydrogens is 426 g/mol. The van der Waals surface area contributed by atoms with Gasteiger partial charge >= 0.3 is 0 Å². The largest absolute Gasteiger partial charge is 0.507 e. The van der Waals surface area contributed by atoms with E-state index < -0.39 is 17.7 Å². The first kappa shape index (κ1) is 24.1. The summed E-state index contributed by atoms with van der Waals surface area (Å²) in [5, 5.41) is 11.1. The standard InChI is InChI=1S/C25H29NO7/c1-15(2)33-18-9-6-16(7-10-18)23(27)21-22(26(12-13-30-3)25(29)24(21)28)17-8-11-19(31-4)20(14-17)32-5/h6-11,14-15,22,27H,12-13H2,1-5H3/b23-21+/t22-/m1/s1. The molecule has 0 unspecified atom stereocenters. The van der Waals surface area contributed by atoms with E-state index in [2.05, 4.69) is 0 Å². The molecule has 1 aliphatic heterocycles. The molecule has 0 radical (unpaired) electrons. The van der Waals surface area contributed by atoms with Crippen molar-refractivity contribution >= 4 is 17.4 Å². The highest BCUT2D eigenvalue weighted by Gasteiger charge is 2.46. The molecule has 2 aromatic rings. The molecule has 1 atom stereocenters. The monoisotopic (exact) mass is 455 g/mol. The summed E-state index contributed by atoms with van der Waals surface area (Å²) in [6.07, 6.45) is 0.000563. The number of hydrogen-bond donors (Lipinski definition) is 1. The molecule has 33 heavy (non-hydrogen) atoms. The maximum Gasteiger partial charge on any atom is 0.295 e. The molecule has 2 aromatic carbocycles. The lowest BCUT2D eigenvalue weighted by molar-refractivity contribution is -0.140. The van der Waals surface area contributed by atoms with E-state index in [1.165, 1.54) is 26.2 Å². The second-order valence-electron chi connectivity index (χ2n) is 7.79. The molecule has 1 amide bonds. The number of Topliss-reactive ketones (excluding diaryl/α,β-unsaturated/α-hetero) is 1.